The summed E-state index contributed by atoms with van der Waals surface area (Å²) in [4.78, 5) is 22.6. The number of fused-ring (bicyclic) bond motifs is 1. The van der Waals surface area contributed by atoms with E-state index in [2.05, 4.69) is 27.2 Å². The number of halogens is 2. The molecule has 33 heavy (non-hydrogen) atoms. The molecular formula is C24H22ClFN6O. The number of rotatable bonds is 6. The average Bonchev–Trinajstić information content (AvgIpc) is 3.11. The molecule has 0 bridgehead atoms. The van der Waals surface area contributed by atoms with Gasteiger partial charge in [-0.15, -0.1) is 0 Å². The van der Waals surface area contributed by atoms with Crippen molar-refractivity contribution >= 4 is 51.4 Å². The van der Waals surface area contributed by atoms with Gasteiger partial charge in [0.25, 0.3) is 5.91 Å². The Hall–Kier alpha value is -3.91. The lowest BCUT2D eigenvalue weighted by molar-refractivity contribution is -0.114. The SMILES string of the molecule is C=C(F)C(=O)Nc1cc(Nc2ncc(Cl)c(-c3cn(C)c4ccccc34)n2)ccc1N(C)C. The van der Waals surface area contributed by atoms with Gasteiger partial charge in [0.05, 0.1) is 28.3 Å². The topological polar surface area (TPSA) is 75.1 Å². The maximum atomic E-state index is 13.2. The monoisotopic (exact) mass is 464 g/mol. The Bertz CT molecular complexity index is 1380. The van der Waals surface area contributed by atoms with Crippen LogP contribution in [-0.4, -0.2) is 34.5 Å². The zero-order valence-electron chi connectivity index (χ0n) is 18.4. The second kappa shape index (κ2) is 8.91. The summed E-state index contributed by atoms with van der Waals surface area (Å²) in [6.45, 7) is 3.04. The molecule has 0 atom stereocenters. The van der Waals surface area contributed by atoms with E-state index in [9.17, 15) is 9.18 Å². The molecule has 1 amide bonds. The fraction of sp³-hybridized carbons (Fsp3) is 0.125. The Kier molecular flexibility index (Phi) is 6.02. The van der Waals surface area contributed by atoms with Crippen LogP contribution in [0.4, 0.5) is 27.4 Å². The zero-order valence-corrected chi connectivity index (χ0v) is 19.1. The Labute approximate surface area is 195 Å². The number of anilines is 4. The molecule has 4 aromatic rings. The van der Waals surface area contributed by atoms with Gasteiger partial charge in [0.1, 0.15) is 0 Å². The molecule has 4 rings (SSSR count). The number of hydrogen-bond acceptors (Lipinski definition) is 5. The number of amides is 1. The molecular weight excluding hydrogens is 443 g/mol. The van der Waals surface area contributed by atoms with Crippen molar-refractivity contribution in [3.05, 3.63) is 72.3 Å². The first-order valence-electron chi connectivity index (χ1n) is 10.1. The van der Waals surface area contributed by atoms with Gasteiger partial charge in [0, 0.05) is 49.5 Å². The van der Waals surface area contributed by atoms with Gasteiger partial charge in [-0.1, -0.05) is 36.4 Å². The number of carbonyl (C=O) groups is 1. The summed E-state index contributed by atoms with van der Waals surface area (Å²) in [7, 11) is 5.61. The van der Waals surface area contributed by atoms with Gasteiger partial charge >= 0.3 is 0 Å². The average molecular weight is 465 g/mol. The Balaban J connectivity index is 1.70. The fourth-order valence-corrected chi connectivity index (χ4v) is 3.76. The third kappa shape index (κ3) is 4.51. The van der Waals surface area contributed by atoms with Gasteiger partial charge < -0.3 is 20.1 Å². The molecule has 0 aliphatic heterocycles. The maximum absolute atomic E-state index is 13.2. The lowest BCUT2D eigenvalue weighted by Crippen LogP contribution is -2.16. The van der Waals surface area contributed by atoms with Crippen molar-refractivity contribution in [3.63, 3.8) is 0 Å². The highest BCUT2D eigenvalue weighted by Gasteiger charge is 2.16. The molecule has 2 heterocycles. The van der Waals surface area contributed by atoms with Crippen molar-refractivity contribution in [2.24, 2.45) is 7.05 Å². The second-order valence-electron chi connectivity index (χ2n) is 7.67. The van der Waals surface area contributed by atoms with Crippen LogP contribution in [0.25, 0.3) is 22.2 Å². The quantitative estimate of drug-likeness (QED) is 0.367. The van der Waals surface area contributed by atoms with Crippen LogP contribution >= 0.6 is 11.6 Å². The van der Waals surface area contributed by atoms with Crippen molar-refractivity contribution in [2.75, 3.05) is 29.6 Å². The molecule has 7 nitrogen and oxygen atoms in total. The molecule has 0 aliphatic rings. The first-order chi connectivity index (χ1) is 15.7. The largest absolute Gasteiger partial charge is 0.376 e. The van der Waals surface area contributed by atoms with Crippen LogP contribution < -0.4 is 15.5 Å². The molecule has 0 saturated heterocycles. The summed E-state index contributed by atoms with van der Waals surface area (Å²) in [6.07, 6.45) is 3.52. The molecule has 2 aromatic carbocycles. The second-order valence-corrected chi connectivity index (χ2v) is 8.08. The highest BCUT2D eigenvalue weighted by atomic mass is 35.5. The number of para-hydroxylation sites is 1. The first-order valence-corrected chi connectivity index (χ1v) is 10.4. The van der Waals surface area contributed by atoms with Gasteiger partial charge in [0.15, 0.2) is 5.83 Å². The summed E-state index contributed by atoms with van der Waals surface area (Å²) >= 11 is 6.45. The third-order valence-electron chi connectivity index (χ3n) is 5.13. The summed E-state index contributed by atoms with van der Waals surface area (Å²) in [5, 5.41) is 7.11. The van der Waals surface area contributed by atoms with E-state index in [0.29, 0.717) is 33.7 Å². The minimum absolute atomic E-state index is 0.326. The third-order valence-corrected chi connectivity index (χ3v) is 5.40. The smallest absolute Gasteiger partial charge is 0.283 e. The summed E-state index contributed by atoms with van der Waals surface area (Å²) in [5.74, 6) is -1.65. The Morgan fingerprint density at radius 3 is 2.70 bits per heavy atom. The van der Waals surface area contributed by atoms with Crippen LogP contribution in [0.15, 0.2) is 67.3 Å². The molecule has 0 radical (unpaired) electrons. The van der Waals surface area contributed by atoms with E-state index < -0.39 is 11.7 Å². The van der Waals surface area contributed by atoms with E-state index in [1.54, 1.807) is 17.0 Å². The number of aromatic nitrogens is 3. The van der Waals surface area contributed by atoms with Crippen LogP contribution in [0.5, 0.6) is 0 Å². The Morgan fingerprint density at radius 1 is 1.21 bits per heavy atom. The van der Waals surface area contributed by atoms with Crippen LogP contribution in [0.3, 0.4) is 0 Å². The van der Waals surface area contributed by atoms with Crippen LogP contribution in [0.1, 0.15) is 0 Å². The normalized spacial score (nSPS) is 10.8. The molecule has 0 unspecified atom stereocenters. The predicted molar refractivity (Wildman–Crippen MR) is 132 cm³/mol. The Morgan fingerprint density at radius 2 is 1.97 bits per heavy atom. The van der Waals surface area contributed by atoms with Gasteiger partial charge in [-0.05, 0) is 24.3 Å². The number of nitrogens with zero attached hydrogens (tertiary/aromatic N) is 4. The van der Waals surface area contributed by atoms with Crippen LogP contribution in [0.2, 0.25) is 5.02 Å². The van der Waals surface area contributed by atoms with E-state index in [-0.39, 0.29) is 0 Å². The van der Waals surface area contributed by atoms with Crippen molar-refractivity contribution in [2.45, 2.75) is 0 Å². The number of nitrogens with one attached hydrogen (secondary N) is 2. The van der Waals surface area contributed by atoms with E-state index in [0.717, 1.165) is 16.5 Å². The predicted octanol–water partition coefficient (Wildman–Crippen LogP) is 5.52. The molecule has 9 heteroatoms. The molecule has 2 aromatic heterocycles. The van der Waals surface area contributed by atoms with E-state index in [4.69, 9.17) is 11.6 Å². The van der Waals surface area contributed by atoms with Crippen molar-refractivity contribution in [1.82, 2.24) is 14.5 Å². The highest BCUT2D eigenvalue weighted by molar-refractivity contribution is 6.33. The lowest BCUT2D eigenvalue weighted by Gasteiger charge is -2.19. The van der Waals surface area contributed by atoms with Gasteiger partial charge in [0.2, 0.25) is 5.95 Å². The fourth-order valence-electron chi connectivity index (χ4n) is 3.57. The summed E-state index contributed by atoms with van der Waals surface area (Å²) < 4.78 is 15.3. The number of aryl methyl sites for hydroxylation is 1. The number of hydrogen-bond donors (Lipinski definition) is 2. The maximum Gasteiger partial charge on any atom is 0.283 e. The van der Waals surface area contributed by atoms with E-state index >= 15 is 0 Å². The molecule has 0 saturated carbocycles. The molecule has 0 fully saturated rings. The van der Waals surface area contributed by atoms with Crippen molar-refractivity contribution in [1.29, 1.82) is 0 Å². The number of carbonyl (C=O) groups excluding carboxylic acids is 1. The van der Waals surface area contributed by atoms with Gasteiger partial charge in [-0.2, -0.15) is 0 Å². The summed E-state index contributed by atoms with van der Waals surface area (Å²) in [5.41, 5.74) is 4.26. The van der Waals surface area contributed by atoms with E-state index in [1.807, 2.05) is 62.2 Å². The van der Waals surface area contributed by atoms with Crippen molar-refractivity contribution < 1.29 is 9.18 Å². The molecule has 168 valence electrons. The van der Waals surface area contributed by atoms with Crippen molar-refractivity contribution in [3.8, 4) is 11.3 Å². The first kappa shape index (κ1) is 22.3. The molecule has 0 aliphatic carbocycles. The number of benzene rings is 2. The van der Waals surface area contributed by atoms with E-state index in [1.165, 1.54) is 6.20 Å². The highest BCUT2D eigenvalue weighted by Crippen LogP contribution is 2.34. The van der Waals surface area contributed by atoms with Crippen LogP contribution in [0, 0.1) is 0 Å². The standard InChI is InChI=1S/C24H22ClFN6O/c1-14(26)23(33)29-19-11-15(9-10-21(19)31(2)3)28-24-27-12-18(25)22(30-24)17-13-32(4)20-8-6-5-7-16(17)20/h5-13H,1H2,2-4H3,(H,29,33)(H,27,28,30). The van der Waals surface area contributed by atoms with Crippen LogP contribution in [-0.2, 0) is 11.8 Å². The van der Waals surface area contributed by atoms with Gasteiger partial charge in [-0.25, -0.2) is 14.4 Å². The van der Waals surface area contributed by atoms with Gasteiger partial charge in [-0.3, -0.25) is 4.79 Å². The lowest BCUT2D eigenvalue weighted by atomic mass is 10.1. The minimum Gasteiger partial charge on any atom is -0.376 e. The minimum atomic E-state index is -1.07. The molecule has 0 spiro atoms. The summed E-state index contributed by atoms with van der Waals surface area (Å²) in [6, 6.07) is 13.3. The molecule has 2 N–H and O–H groups in total. The zero-order chi connectivity index (χ0) is 23.7.